The van der Waals surface area contributed by atoms with Crippen LogP contribution >= 0.6 is 11.3 Å². The molecule has 2 rings (SSSR count). The average Bonchev–Trinajstić information content (AvgIpc) is 3.01. The highest BCUT2D eigenvalue weighted by atomic mass is 32.1. The topological polar surface area (TPSA) is 63.4 Å². The summed E-state index contributed by atoms with van der Waals surface area (Å²) in [6.07, 6.45) is 4.58. The number of nitrogens with two attached hydrogens (primary N) is 1. The SMILES string of the molecule is CCN(C(=O)c1cc(C(N)=O)cs1)C1CCCC1. The van der Waals surface area contributed by atoms with Gasteiger partial charge in [-0.25, -0.2) is 0 Å². The third-order valence-electron chi connectivity index (χ3n) is 3.46. The molecule has 18 heavy (non-hydrogen) atoms. The number of carbonyl (C=O) groups is 2. The summed E-state index contributed by atoms with van der Waals surface area (Å²) in [5.74, 6) is -0.448. The molecule has 0 radical (unpaired) electrons. The summed E-state index contributed by atoms with van der Waals surface area (Å²) in [4.78, 5) is 25.9. The van der Waals surface area contributed by atoms with Crippen molar-refractivity contribution in [3.8, 4) is 0 Å². The number of hydrogen-bond acceptors (Lipinski definition) is 3. The van der Waals surface area contributed by atoms with E-state index in [2.05, 4.69) is 0 Å². The molecule has 1 saturated carbocycles. The minimum absolute atomic E-state index is 0.0295. The van der Waals surface area contributed by atoms with E-state index < -0.39 is 5.91 Å². The van der Waals surface area contributed by atoms with Gasteiger partial charge in [0.1, 0.15) is 0 Å². The van der Waals surface area contributed by atoms with Gasteiger partial charge >= 0.3 is 0 Å². The Kier molecular flexibility index (Phi) is 4.01. The van der Waals surface area contributed by atoms with Crippen molar-refractivity contribution in [2.75, 3.05) is 6.54 Å². The molecule has 2 N–H and O–H groups in total. The second-order valence-electron chi connectivity index (χ2n) is 4.59. The van der Waals surface area contributed by atoms with E-state index in [9.17, 15) is 9.59 Å². The van der Waals surface area contributed by atoms with Gasteiger partial charge in [-0.15, -0.1) is 11.3 Å². The number of nitrogens with zero attached hydrogens (tertiary/aromatic N) is 1. The number of rotatable bonds is 4. The summed E-state index contributed by atoms with van der Waals surface area (Å²) in [7, 11) is 0. The number of hydrogen-bond donors (Lipinski definition) is 1. The number of thiophene rings is 1. The van der Waals surface area contributed by atoms with Crippen molar-refractivity contribution in [1.82, 2.24) is 4.90 Å². The zero-order chi connectivity index (χ0) is 13.1. The molecule has 4 nitrogen and oxygen atoms in total. The molecule has 1 aromatic heterocycles. The Morgan fingerprint density at radius 1 is 1.44 bits per heavy atom. The predicted octanol–water partition coefficient (Wildman–Crippen LogP) is 2.25. The fourth-order valence-electron chi connectivity index (χ4n) is 2.50. The Hall–Kier alpha value is -1.36. The fourth-order valence-corrected chi connectivity index (χ4v) is 3.35. The first-order chi connectivity index (χ1) is 8.63. The normalized spacial score (nSPS) is 15.8. The van der Waals surface area contributed by atoms with Crippen LogP contribution in [0.1, 0.15) is 52.6 Å². The average molecular weight is 266 g/mol. The molecule has 98 valence electrons. The molecule has 5 heteroatoms. The summed E-state index contributed by atoms with van der Waals surface area (Å²) < 4.78 is 0. The fraction of sp³-hybridized carbons (Fsp3) is 0.538. The molecule has 0 unspecified atom stereocenters. The summed E-state index contributed by atoms with van der Waals surface area (Å²) in [5, 5.41) is 1.65. The van der Waals surface area contributed by atoms with Crippen molar-refractivity contribution in [3.05, 3.63) is 21.9 Å². The highest BCUT2D eigenvalue weighted by Crippen LogP contribution is 2.26. The molecule has 1 aromatic rings. The van der Waals surface area contributed by atoms with Gasteiger partial charge in [0.05, 0.1) is 10.4 Å². The van der Waals surface area contributed by atoms with Crippen LogP contribution in [0.3, 0.4) is 0 Å². The van der Waals surface area contributed by atoms with Crippen LogP contribution in [0.15, 0.2) is 11.4 Å². The van der Waals surface area contributed by atoms with Crippen LogP contribution in [-0.2, 0) is 0 Å². The molecule has 1 heterocycles. The largest absolute Gasteiger partial charge is 0.366 e. The molecule has 0 bridgehead atoms. The predicted molar refractivity (Wildman–Crippen MR) is 71.8 cm³/mol. The Balaban J connectivity index is 2.14. The van der Waals surface area contributed by atoms with E-state index in [4.69, 9.17) is 5.73 Å². The van der Waals surface area contributed by atoms with Crippen molar-refractivity contribution in [1.29, 1.82) is 0 Å². The van der Waals surface area contributed by atoms with Gasteiger partial charge in [-0.05, 0) is 25.8 Å². The van der Waals surface area contributed by atoms with Crippen LogP contribution in [0.5, 0.6) is 0 Å². The molecule has 0 aromatic carbocycles. The van der Waals surface area contributed by atoms with Gasteiger partial charge in [-0.2, -0.15) is 0 Å². The Morgan fingerprint density at radius 2 is 2.11 bits per heavy atom. The van der Waals surface area contributed by atoms with E-state index in [-0.39, 0.29) is 5.91 Å². The van der Waals surface area contributed by atoms with Crippen LogP contribution in [-0.4, -0.2) is 29.3 Å². The van der Waals surface area contributed by atoms with E-state index in [1.54, 1.807) is 11.4 Å². The molecule has 1 aliphatic rings. The van der Waals surface area contributed by atoms with Gasteiger partial charge in [-0.1, -0.05) is 12.8 Å². The lowest BCUT2D eigenvalue weighted by atomic mass is 10.2. The molecule has 0 aliphatic heterocycles. The van der Waals surface area contributed by atoms with Gasteiger partial charge in [0, 0.05) is 18.0 Å². The Bertz CT molecular complexity index is 450. The summed E-state index contributed by atoms with van der Waals surface area (Å²) >= 11 is 1.30. The molecule has 0 saturated heterocycles. The monoisotopic (exact) mass is 266 g/mol. The molecule has 0 spiro atoms. The lowest BCUT2D eigenvalue weighted by Gasteiger charge is -2.27. The van der Waals surface area contributed by atoms with Crippen molar-refractivity contribution < 1.29 is 9.59 Å². The number of carbonyl (C=O) groups excluding carboxylic acids is 2. The molecule has 2 amide bonds. The number of primary amides is 1. The van der Waals surface area contributed by atoms with Gasteiger partial charge in [0.25, 0.3) is 5.91 Å². The molecular formula is C13H18N2O2S. The first-order valence-electron chi connectivity index (χ1n) is 6.32. The molecule has 0 atom stereocenters. The van der Waals surface area contributed by atoms with E-state index in [1.807, 2.05) is 11.8 Å². The molecule has 1 aliphatic carbocycles. The maximum atomic E-state index is 12.4. The highest BCUT2D eigenvalue weighted by molar-refractivity contribution is 7.12. The van der Waals surface area contributed by atoms with E-state index in [0.29, 0.717) is 23.0 Å². The van der Waals surface area contributed by atoms with Gasteiger partial charge in [0.2, 0.25) is 5.91 Å². The lowest BCUT2D eigenvalue weighted by molar-refractivity contribution is 0.0698. The minimum atomic E-state index is -0.478. The van der Waals surface area contributed by atoms with Gasteiger partial charge in [-0.3, -0.25) is 9.59 Å². The smallest absolute Gasteiger partial charge is 0.264 e. The van der Waals surface area contributed by atoms with Crippen LogP contribution in [0.2, 0.25) is 0 Å². The Labute approximate surface area is 111 Å². The summed E-state index contributed by atoms with van der Waals surface area (Å²) in [5.41, 5.74) is 5.62. The quantitative estimate of drug-likeness (QED) is 0.908. The third kappa shape index (κ3) is 2.56. The van der Waals surface area contributed by atoms with E-state index in [1.165, 1.54) is 24.2 Å². The zero-order valence-corrected chi connectivity index (χ0v) is 11.3. The van der Waals surface area contributed by atoms with Crippen LogP contribution in [0.25, 0.3) is 0 Å². The maximum Gasteiger partial charge on any atom is 0.264 e. The first-order valence-corrected chi connectivity index (χ1v) is 7.20. The standard InChI is InChI=1S/C13H18N2O2S/c1-2-15(10-5-3-4-6-10)13(17)11-7-9(8-18-11)12(14)16/h7-8,10H,2-6H2,1H3,(H2,14,16). The second kappa shape index (κ2) is 5.52. The lowest BCUT2D eigenvalue weighted by Crippen LogP contribution is -2.38. The van der Waals surface area contributed by atoms with Crippen molar-refractivity contribution in [3.63, 3.8) is 0 Å². The zero-order valence-electron chi connectivity index (χ0n) is 10.5. The van der Waals surface area contributed by atoms with Crippen LogP contribution in [0, 0.1) is 0 Å². The van der Waals surface area contributed by atoms with Crippen LogP contribution < -0.4 is 5.73 Å². The molecule has 1 fully saturated rings. The van der Waals surface area contributed by atoms with Crippen molar-refractivity contribution in [2.24, 2.45) is 5.73 Å². The van der Waals surface area contributed by atoms with Crippen molar-refractivity contribution in [2.45, 2.75) is 38.6 Å². The first kappa shape index (κ1) is 13.1. The summed E-state index contributed by atoms with van der Waals surface area (Å²) in [6.45, 7) is 2.71. The third-order valence-corrected chi connectivity index (χ3v) is 4.38. The van der Waals surface area contributed by atoms with E-state index >= 15 is 0 Å². The van der Waals surface area contributed by atoms with Crippen LogP contribution in [0.4, 0.5) is 0 Å². The Morgan fingerprint density at radius 3 is 2.61 bits per heavy atom. The van der Waals surface area contributed by atoms with E-state index in [0.717, 1.165) is 12.8 Å². The van der Waals surface area contributed by atoms with Gasteiger partial charge in [0.15, 0.2) is 0 Å². The summed E-state index contributed by atoms with van der Waals surface area (Å²) in [6, 6.07) is 1.97. The van der Waals surface area contributed by atoms with Crippen molar-refractivity contribution >= 4 is 23.2 Å². The second-order valence-corrected chi connectivity index (χ2v) is 5.50. The van der Waals surface area contributed by atoms with Gasteiger partial charge < -0.3 is 10.6 Å². The highest BCUT2D eigenvalue weighted by Gasteiger charge is 2.27. The number of amides is 2. The molecular weight excluding hydrogens is 248 g/mol. The maximum absolute atomic E-state index is 12.4. The minimum Gasteiger partial charge on any atom is -0.366 e.